The molecular weight excluding hydrogens is 366 g/mol. The minimum atomic E-state index is -0.525. The number of amides is 1. The van der Waals surface area contributed by atoms with Crippen molar-refractivity contribution in [3.8, 4) is 5.75 Å². The van der Waals surface area contributed by atoms with Crippen molar-refractivity contribution in [1.82, 2.24) is 4.90 Å². The highest BCUT2D eigenvalue weighted by atomic mass is 35.5. The number of nitrogens with zero attached hydrogens (tertiary/aromatic N) is 1. The van der Waals surface area contributed by atoms with E-state index in [2.05, 4.69) is 0 Å². The third-order valence-corrected chi connectivity index (χ3v) is 5.29. The average molecular weight is 384 g/mol. The molecule has 0 aromatic heterocycles. The second-order valence-electron chi connectivity index (χ2n) is 6.87. The van der Waals surface area contributed by atoms with Crippen molar-refractivity contribution in [3.05, 3.63) is 64.2 Å². The molecular formula is C21H18ClNO4. The molecule has 0 N–H and O–H groups in total. The van der Waals surface area contributed by atoms with Gasteiger partial charge in [0.05, 0.1) is 19.0 Å². The second kappa shape index (κ2) is 7.16. The second-order valence-corrected chi connectivity index (χ2v) is 7.31. The van der Waals surface area contributed by atoms with Crippen molar-refractivity contribution in [3.63, 3.8) is 0 Å². The maximum Gasteiger partial charge on any atom is 0.255 e. The Balaban J connectivity index is 1.54. The number of ether oxygens (including phenoxy) is 1. The predicted molar refractivity (Wildman–Crippen MR) is 99.8 cm³/mol. The van der Waals surface area contributed by atoms with E-state index in [1.54, 1.807) is 23.1 Å². The van der Waals surface area contributed by atoms with Gasteiger partial charge in [0.25, 0.3) is 5.91 Å². The zero-order valence-electron chi connectivity index (χ0n) is 14.6. The SMILES string of the molecule is O=C1CCC(N2Cc3c(OCc4cccc(Cl)c4)cccc3C2=O)C(=O)C1. The number of hydrogen-bond acceptors (Lipinski definition) is 4. The molecule has 1 heterocycles. The zero-order valence-corrected chi connectivity index (χ0v) is 15.4. The molecule has 0 spiro atoms. The van der Waals surface area contributed by atoms with Crippen molar-refractivity contribution in [2.75, 3.05) is 0 Å². The molecule has 0 bridgehead atoms. The van der Waals surface area contributed by atoms with Crippen molar-refractivity contribution in [1.29, 1.82) is 0 Å². The summed E-state index contributed by atoms with van der Waals surface area (Å²) in [5.41, 5.74) is 2.28. The van der Waals surface area contributed by atoms with Crippen molar-refractivity contribution >= 4 is 29.1 Å². The number of carbonyl (C=O) groups excluding carboxylic acids is 3. The van der Waals surface area contributed by atoms with Gasteiger partial charge in [-0.1, -0.05) is 29.8 Å². The van der Waals surface area contributed by atoms with E-state index < -0.39 is 6.04 Å². The molecule has 4 rings (SSSR count). The van der Waals surface area contributed by atoms with Gasteiger partial charge in [0.15, 0.2) is 5.78 Å². The van der Waals surface area contributed by atoms with Gasteiger partial charge in [0.2, 0.25) is 0 Å². The Bertz CT molecular complexity index is 940. The van der Waals surface area contributed by atoms with Crippen LogP contribution in [-0.4, -0.2) is 28.4 Å². The summed E-state index contributed by atoms with van der Waals surface area (Å²) < 4.78 is 5.94. The summed E-state index contributed by atoms with van der Waals surface area (Å²) in [5.74, 6) is 0.230. The molecule has 2 aliphatic rings. The van der Waals surface area contributed by atoms with E-state index in [9.17, 15) is 14.4 Å². The Morgan fingerprint density at radius 1 is 1.11 bits per heavy atom. The summed E-state index contributed by atoms with van der Waals surface area (Å²) in [5, 5.41) is 0.640. The van der Waals surface area contributed by atoms with Crippen LogP contribution in [0, 0.1) is 0 Å². The molecule has 27 heavy (non-hydrogen) atoms. The molecule has 0 radical (unpaired) electrons. The fraction of sp³-hybridized carbons (Fsp3) is 0.286. The molecule has 1 unspecified atom stereocenters. The van der Waals surface area contributed by atoms with Crippen LogP contribution < -0.4 is 4.74 Å². The number of halogens is 1. The minimum absolute atomic E-state index is 0.0500. The molecule has 0 saturated heterocycles. The quantitative estimate of drug-likeness (QED) is 0.757. The maximum atomic E-state index is 12.8. The normalized spacial score (nSPS) is 19.4. The van der Waals surface area contributed by atoms with Gasteiger partial charge in [0, 0.05) is 22.6 Å². The highest BCUT2D eigenvalue weighted by molar-refractivity contribution is 6.30. The topological polar surface area (TPSA) is 63.7 Å². The molecule has 2 aromatic rings. The Labute approximate surface area is 161 Å². The van der Waals surface area contributed by atoms with E-state index in [1.165, 1.54) is 0 Å². The first-order valence-electron chi connectivity index (χ1n) is 8.87. The fourth-order valence-corrected chi connectivity index (χ4v) is 3.90. The zero-order chi connectivity index (χ0) is 19.0. The van der Waals surface area contributed by atoms with Crippen LogP contribution >= 0.6 is 11.6 Å². The summed E-state index contributed by atoms with van der Waals surface area (Å²) in [7, 11) is 0. The predicted octanol–water partition coefficient (Wildman–Crippen LogP) is 3.57. The van der Waals surface area contributed by atoms with E-state index in [-0.39, 0.29) is 23.9 Å². The Morgan fingerprint density at radius 2 is 1.93 bits per heavy atom. The number of fused-ring (bicyclic) bond motifs is 1. The first-order valence-corrected chi connectivity index (χ1v) is 9.25. The smallest absolute Gasteiger partial charge is 0.255 e. The van der Waals surface area contributed by atoms with Gasteiger partial charge in [0.1, 0.15) is 18.1 Å². The number of benzene rings is 2. The van der Waals surface area contributed by atoms with Gasteiger partial charge < -0.3 is 9.64 Å². The summed E-state index contributed by atoms with van der Waals surface area (Å²) >= 11 is 6.01. The maximum absolute atomic E-state index is 12.8. The van der Waals surface area contributed by atoms with Crippen LogP contribution in [0.3, 0.4) is 0 Å². The van der Waals surface area contributed by atoms with Crippen molar-refractivity contribution < 1.29 is 19.1 Å². The molecule has 6 heteroatoms. The summed E-state index contributed by atoms with van der Waals surface area (Å²) in [6.07, 6.45) is 0.660. The van der Waals surface area contributed by atoms with E-state index in [0.717, 1.165) is 11.1 Å². The third kappa shape index (κ3) is 3.47. The first-order chi connectivity index (χ1) is 13.0. The van der Waals surface area contributed by atoms with Gasteiger partial charge in [-0.25, -0.2) is 0 Å². The molecule has 5 nitrogen and oxygen atoms in total. The molecule has 1 aliphatic heterocycles. The van der Waals surface area contributed by atoms with Gasteiger partial charge in [-0.2, -0.15) is 0 Å². The Morgan fingerprint density at radius 3 is 2.70 bits per heavy atom. The summed E-state index contributed by atoms with van der Waals surface area (Å²) in [4.78, 5) is 38.1. The summed E-state index contributed by atoms with van der Waals surface area (Å²) in [6.45, 7) is 0.659. The molecule has 1 aliphatic carbocycles. The van der Waals surface area contributed by atoms with E-state index in [0.29, 0.717) is 42.3 Å². The van der Waals surface area contributed by atoms with Crippen LogP contribution in [0.5, 0.6) is 5.75 Å². The Kier molecular flexibility index (Phi) is 4.70. The molecule has 1 fully saturated rings. The van der Waals surface area contributed by atoms with Gasteiger partial charge in [-0.3, -0.25) is 14.4 Å². The average Bonchev–Trinajstić information content (AvgIpc) is 2.97. The van der Waals surface area contributed by atoms with Gasteiger partial charge in [-0.05, 0) is 36.2 Å². The monoisotopic (exact) mass is 383 g/mol. The van der Waals surface area contributed by atoms with Gasteiger partial charge in [-0.15, -0.1) is 0 Å². The van der Waals surface area contributed by atoms with E-state index in [4.69, 9.17) is 16.3 Å². The van der Waals surface area contributed by atoms with Gasteiger partial charge >= 0.3 is 0 Å². The lowest BCUT2D eigenvalue weighted by molar-refractivity contribution is -0.133. The molecule has 1 amide bonds. The molecule has 2 aromatic carbocycles. The van der Waals surface area contributed by atoms with E-state index >= 15 is 0 Å². The van der Waals surface area contributed by atoms with Crippen LogP contribution in [0.1, 0.15) is 40.7 Å². The molecule has 138 valence electrons. The van der Waals surface area contributed by atoms with Crippen LogP contribution in [0.15, 0.2) is 42.5 Å². The molecule has 1 saturated carbocycles. The lowest BCUT2D eigenvalue weighted by Gasteiger charge is -2.29. The van der Waals surface area contributed by atoms with Crippen LogP contribution in [0.4, 0.5) is 0 Å². The lowest BCUT2D eigenvalue weighted by Crippen LogP contribution is -2.44. The standard InChI is InChI=1S/C21H18ClNO4/c22-14-4-1-3-13(9-14)12-27-20-6-2-5-16-17(20)11-23(21(16)26)18-8-7-15(24)10-19(18)25/h1-6,9,18H,7-8,10-12H2. The number of rotatable bonds is 4. The van der Waals surface area contributed by atoms with Crippen molar-refractivity contribution in [2.24, 2.45) is 0 Å². The van der Waals surface area contributed by atoms with Crippen LogP contribution in [0.25, 0.3) is 0 Å². The highest BCUT2D eigenvalue weighted by Crippen LogP contribution is 2.34. The number of hydrogen-bond donors (Lipinski definition) is 0. The fourth-order valence-electron chi connectivity index (χ4n) is 3.69. The Hall–Kier alpha value is -2.66. The number of Topliss-reactive ketones (excluding diaryl/α,β-unsaturated/α-hetero) is 2. The number of carbonyl (C=O) groups is 3. The van der Waals surface area contributed by atoms with Crippen LogP contribution in [0.2, 0.25) is 5.02 Å². The van der Waals surface area contributed by atoms with Crippen LogP contribution in [-0.2, 0) is 22.7 Å². The first kappa shape index (κ1) is 17.7. The third-order valence-electron chi connectivity index (χ3n) is 5.05. The number of ketones is 2. The lowest BCUT2D eigenvalue weighted by atomic mass is 9.92. The van der Waals surface area contributed by atoms with E-state index in [1.807, 2.05) is 24.3 Å². The minimum Gasteiger partial charge on any atom is -0.489 e. The molecule has 1 atom stereocenters. The largest absolute Gasteiger partial charge is 0.489 e. The summed E-state index contributed by atoms with van der Waals surface area (Å²) in [6, 6.07) is 12.2. The highest BCUT2D eigenvalue weighted by Gasteiger charge is 2.39. The van der Waals surface area contributed by atoms with Crippen molar-refractivity contribution in [2.45, 2.75) is 38.5 Å².